The number of hydrogen-bond acceptors (Lipinski definition) is 5. The second kappa shape index (κ2) is 6.43. The van der Waals surface area contributed by atoms with Crippen molar-refractivity contribution in [2.75, 3.05) is 5.32 Å². The largest absolute Gasteiger partial charge is 0.360 e. The average Bonchev–Trinajstić information content (AvgIpc) is 2.62. The van der Waals surface area contributed by atoms with E-state index in [1.807, 2.05) is 37.3 Å². The molecule has 0 aliphatic heterocycles. The van der Waals surface area contributed by atoms with E-state index < -0.39 is 0 Å². The first-order chi connectivity index (χ1) is 12.1. The van der Waals surface area contributed by atoms with E-state index >= 15 is 0 Å². The molecule has 0 radical (unpaired) electrons. The van der Waals surface area contributed by atoms with E-state index in [9.17, 15) is 0 Å². The van der Waals surface area contributed by atoms with Crippen LogP contribution in [0.4, 0.5) is 5.82 Å². The van der Waals surface area contributed by atoms with Gasteiger partial charge < -0.3 is 5.32 Å². The third kappa shape index (κ3) is 2.97. The first kappa shape index (κ1) is 16.0. The fourth-order valence-electron chi connectivity index (χ4n) is 2.74. The van der Waals surface area contributed by atoms with Crippen LogP contribution in [0.15, 0.2) is 48.9 Å². The summed E-state index contributed by atoms with van der Waals surface area (Å²) in [6.45, 7) is 1.99. The summed E-state index contributed by atoms with van der Waals surface area (Å²) in [5, 5.41) is 6.02. The second-order valence-electron chi connectivity index (χ2n) is 5.64. The topological polar surface area (TPSA) is 63.6 Å². The molecule has 4 rings (SSSR count). The number of nitrogens with zero attached hydrogens (tertiary/aromatic N) is 4. The molecule has 0 bridgehead atoms. The number of pyridine rings is 2. The number of anilines is 1. The lowest BCUT2D eigenvalue weighted by Gasteiger charge is -2.16. The molecule has 7 heteroatoms. The lowest BCUT2D eigenvalue weighted by molar-refractivity contribution is 0.836. The van der Waals surface area contributed by atoms with Gasteiger partial charge in [-0.05, 0) is 36.6 Å². The summed E-state index contributed by atoms with van der Waals surface area (Å²) in [7, 11) is 0. The zero-order valence-electron chi connectivity index (χ0n) is 13.2. The van der Waals surface area contributed by atoms with Crippen LogP contribution in [0, 0.1) is 0 Å². The molecule has 0 fully saturated rings. The smallest absolute Gasteiger partial charge is 0.156 e. The standard InChI is InChI=1S/C18H13Cl2N5/c1-10(24-18-16-13(22-9-23-18)6-3-7-21-16)14-8-11-4-2-5-12(19)15(11)17(20)25-14/h2-10H,1H3,(H,22,23,24)/t10-/m0/s1. The summed E-state index contributed by atoms with van der Waals surface area (Å²) in [5.41, 5.74) is 2.29. The zero-order valence-corrected chi connectivity index (χ0v) is 14.8. The summed E-state index contributed by atoms with van der Waals surface area (Å²) in [4.78, 5) is 17.4. The maximum absolute atomic E-state index is 6.35. The highest BCUT2D eigenvalue weighted by molar-refractivity contribution is 6.41. The van der Waals surface area contributed by atoms with Crippen molar-refractivity contribution in [1.82, 2.24) is 19.9 Å². The molecule has 4 aromatic rings. The van der Waals surface area contributed by atoms with Gasteiger partial charge in [-0.2, -0.15) is 0 Å². The van der Waals surface area contributed by atoms with Crippen LogP contribution in [0.1, 0.15) is 18.7 Å². The third-order valence-corrected chi connectivity index (χ3v) is 4.56. The molecule has 25 heavy (non-hydrogen) atoms. The third-order valence-electron chi connectivity index (χ3n) is 3.97. The molecule has 0 spiro atoms. The first-order valence-corrected chi connectivity index (χ1v) is 8.46. The van der Waals surface area contributed by atoms with Gasteiger partial charge in [0.2, 0.25) is 0 Å². The molecule has 3 aromatic heterocycles. The van der Waals surface area contributed by atoms with Crippen LogP contribution in [-0.2, 0) is 0 Å². The van der Waals surface area contributed by atoms with Crippen LogP contribution in [0.3, 0.4) is 0 Å². The number of fused-ring (bicyclic) bond motifs is 2. The molecular weight excluding hydrogens is 357 g/mol. The van der Waals surface area contributed by atoms with E-state index in [1.54, 1.807) is 12.3 Å². The normalized spacial score (nSPS) is 12.4. The van der Waals surface area contributed by atoms with E-state index in [-0.39, 0.29) is 6.04 Å². The monoisotopic (exact) mass is 369 g/mol. The number of rotatable bonds is 3. The summed E-state index contributed by atoms with van der Waals surface area (Å²) in [6, 6.07) is 11.3. The number of benzene rings is 1. The molecule has 1 aromatic carbocycles. The number of halogens is 2. The van der Waals surface area contributed by atoms with Gasteiger partial charge in [0.25, 0.3) is 0 Å². The molecule has 1 atom stereocenters. The van der Waals surface area contributed by atoms with E-state index in [0.29, 0.717) is 21.5 Å². The van der Waals surface area contributed by atoms with Crippen molar-refractivity contribution in [3.63, 3.8) is 0 Å². The molecular formula is C18H13Cl2N5. The van der Waals surface area contributed by atoms with Crippen molar-refractivity contribution < 1.29 is 0 Å². The minimum absolute atomic E-state index is 0.124. The molecule has 3 heterocycles. The summed E-state index contributed by atoms with van der Waals surface area (Å²) in [5.74, 6) is 0.655. The predicted molar refractivity (Wildman–Crippen MR) is 101 cm³/mol. The number of aromatic nitrogens is 4. The zero-order chi connectivity index (χ0) is 17.4. The Morgan fingerprint density at radius 2 is 1.92 bits per heavy atom. The quantitative estimate of drug-likeness (QED) is 0.511. The Hall–Kier alpha value is -2.50. The van der Waals surface area contributed by atoms with Crippen molar-refractivity contribution in [2.24, 2.45) is 0 Å². The van der Waals surface area contributed by atoms with Gasteiger partial charge in [-0.15, -0.1) is 0 Å². The van der Waals surface area contributed by atoms with Gasteiger partial charge in [-0.1, -0.05) is 35.3 Å². The Kier molecular flexibility index (Phi) is 4.11. The fraction of sp³-hybridized carbons (Fsp3) is 0.111. The molecule has 124 valence electrons. The Morgan fingerprint density at radius 3 is 2.80 bits per heavy atom. The van der Waals surface area contributed by atoms with Gasteiger partial charge in [-0.25, -0.2) is 15.0 Å². The predicted octanol–water partition coefficient (Wildman–Crippen LogP) is 5.05. The molecule has 0 saturated heterocycles. The van der Waals surface area contributed by atoms with Crippen LogP contribution < -0.4 is 5.32 Å². The number of hydrogen-bond donors (Lipinski definition) is 1. The molecule has 0 unspecified atom stereocenters. The van der Waals surface area contributed by atoms with E-state index in [1.165, 1.54) is 6.33 Å². The van der Waals surface area contributed by atoms with Crippen molar-refractivity contribution in [1.29, 1.82) is 0 Å². The molecule has 1 N–H and O–H groups in total. The van der Waals surface area contributed by atoms with Gasteiger partial charge in [0.1, 0.15) is 17.0 Å². The average molecular weight is 370 g/mol. The van der Waals surface area contributed by atoms with E-state index in [4.69, 9.17) is 23.2 Å². The summed E-state index contributed by atoms with van der Waals surface area (Å²) < 4.78 is 0. The Bertz CT molecular complexity index is 1080. The maximum Gasteiger partial charge on any atom is 0.156 e. The van der Waals surface area contributed by atoms with Gasteiger partial charge >= 0.3 is 0 Å². The second-order valence-corrected chi connectivity index (χ2v) is 6.40. The minimum Gasteiger partial charge on any atom is -0.360 e. The lowest BCUT2D eigenvalue weighted by atomic mass is 10.1. The highest BCUT2D eigenvalue weighted by Gasteiger charge is 2.14. The summed E-state index contributed by atoms with van der Waals surface area (Å²) in [6.07, 6.45) is 3.23. The van der Waals surface area contributed by atoms with Crippen LogP contribution >= 0.6 is 23.2 Å². The van der Waals surface area contributed by atoms with Crippen molar-refractivity contribution in [3.05, 3.63) is 64.8 Å². The number of nitrogens with one attached hydrogen (secondary N) is 1. The lowest BCUT2D eigenvalue weighted by Crippen LogP contribution is -2.11. The fourth-order valence-corrected chi connectivity index (χ4v) is 3.37. The van der Waals surface area contributed by atoms with E-state index in [0.717, 1.165) is 22.0 Å². The van der Waals surface area contributed by atoms with Crippen LogP contribution in [0.2, 0.25) is 10.2 Å². The molecule has 5 nitrogen and oxygen atoms in total. The van der Waals surface area contributed by atoms with Gasteiger partial charge in [0.05, 0.1) is 22.3 Å². The van der Waals surface area contributed by atoms with Crippen molar-refractivity contribution >= 4 is 50.8 Å². The summed E-state index contributed by atoms with van der Waals surface area (Å²) >= 11 is 12.6. The van der Waals surface area contributed by atoms with Crippen LogP contribution in [0.25, 0.3) is 21.8 Å². The highest BCUT2D eigenvalue weighted by Crippen LogP contribution is 2.31. The maximum atomic E-state index is 6.35. The van der Waals surface area contributed by atoms with Crippen molar-refractivity contribution in [3.8, 4) is 0 Å². The van der Waals surface area contributed by atoms with E-state index in [2.05, 4.69) is 25.3 Å². The Morgan fingerprint density at radius 1 is 1.04 bits per heavy atom. The molecule has 0 amide bonds. The van der Waals surface area contributed by atoms with Crippen LogP contribution in [0.5, 0.6) is 0 Å². The van der Waals surface area contributed by atoms with Gasteiger partial charge in [-0.3, -0.25) is 4.98 Å². The van der Waals surface area contributed by atoms with Crippen LogP contribution in [-0.4, -0.2) is 19.9 Å². The molecule has 0 aliphatic carbocycles. The molecule has 0 aliphatic rings. The molecule has 0 saturated carbocycles. The van der Waals surface area contributed by atoms with Gasteiger partial charge in [0, 0.05) is 11.6 Å². The Balaban J connectivity index is 1.74. The Labute approximate surface area is 154 Å². The van der Waals surface area contributed by atoms with Gasteiger partial charge in [0.15, 0.2) is 5.82 Å². The van der Waals surface area contributed by atoms with Crippen molar-refractivity contribution in [2.45, 2.75) is 13.0 Å². The highest BCUT2D eigenvalue weighted by atomic mass is 35.5. The minimum atomic E-state index is -0.124. The SMILES string of the molecule is C[C@H](Nc1ncnc2cccnc12)c1cc2cccc(Cl)c2c(Cl)n1. The first-order valence-electron chi connectivity index (χ1n) is 7.70.